The van der Waals surface area contributed by atoms with Gasteiger partial charge in [-0.2, -0.15) is 0 Å². The molecule has 1 heterocycles. The molecule has 1 unspecified atom stereocenters. The normalized spacial score (nSPS) is 12.7. The summed E-state index contributed by atoms with van der Waals surface area (Å²) in [5.41, 5.74) is 0. The van der Waals surface area contributed by atoms with Crippen LogP contribution in [0, 0.1) is 0 Å². The van der Waals surface area contributed by atoms with Crippen LogP contribution in [-0.2, 0) is 11.2 Å². The molecule has 19 heavy (non-hydrogen) atoms. The summed E-state index contributed by atoms with van der Waals surface area (Å²) in [5, 5.41) is 5.42. The first kappa shape index (κ1) is 16.2. The fourth-order valence-electron chi connectivity index (χ4n) is 1.91. The smallest absolute Gasteiger partial charge is 0.222 e. The second kappa shape index (κ2) is 8.33. The molecule has 0 saturated carbocycles. The highest BCUT2D eigenvalue weighted by atomic mass is 32.1. The summed E-state index contributed by atoms with van der Waals surface area (Å²) in [7, 11) is 1.91. The van der Waals surface area contributed by atoms with E-state index in [1.54, 1.807) is 11.3 Å². The van der Waals surface area contributed by atoms with Gasteiger partial charge in [0.2, 0.25) is 5.91 Å². The van der Waals surface area contributed by atoms with Crippen LogP contribution in [0.1, 0.15) is 38.5 Å². The first-order valence-corrected chi connectivity index (χ1v) is 7.90. The van der Waals surface area contributed by atoms with E-state index in [1.165, 1.54) is 4.88 Å². The van der Waals surface area contributed by atoms with Crippen molar-refractivity contribution in [2.45, 2.75) is 52.1 Å². The molecule has 0 aliphatic heterocycles. The lowest BCUT2D eigenvalue weighted by molar-refractivity contribution is -0.131. The van der Waals surface area contributed by atoms with Gasteiger partial charge < -0.3 is 10.2 Å². The molecule has 1 aromatic rings. The Labute approximate surface area is 121 Å². The van der Waals surface area contributed by atoms with Crippen molar-refractivity contribution < 1.29 is 4.79 Å². The van der Waals surface area contributed by atoms with Crippen molar-refractivity contribution in [2.75, 3.05) is 13.6 Å². The monoisotopic (exact) mass is 282 g/mol. The number of nitrogens with one attached hydrogen (secondary N) is 1. The molecule has 0 aliphatic rings. The van der Waals surface area contributed by atoms with E-state index in [0.717, 1.165) is 19.4 Å². The number of nitrogens with zero attached hydrogens (tertiary/aromatic N) is 1. The number of rotatable bonds is 8. The van der Waals surface area contributed by atoms with Gasteiger partial charge in [0.05, 0.1) is 0 Å². The third kappa shape index (κ3) is 6.21. The van der Waals surface area contributed by atoms with Crippen molar-refractivity contribution in [3.63, 3.8) is 0 Å². The van der Waals surface area contributed by atoms with E-state index >= 15 is 0 Å². The fourth-order valence-corrected chi connectivity index (χ4v) is 2.74. The van der Waals surface area contributed by atoms with Crippen LogP contribution in [0.5, 0.6) is 0 Å². The van der Waals surface area contributed by atoms with Gasteiger partial charge in [0, 0.05) is 36.9 Å². The number of carbonyl (C=O) groups is 1. The largest absolute Gasteiger partial charge is 0.343 e. The number of amides is 1. The molecule has 0 radical (unpaired) electrons. The molecule has 0 spiro atoms. The van der Waals surface area contributed by atoms with E-state index in [4.69, 9.17) is 0 Å². The average Bonchev–Trinajstić information content (AvgIpc) is 2.85. The topological polar surface area (TPSA) is 32.3 Å². The summed E-state index contributed by atoms with van der Waals surface area (Å²) in [4.78, 5) is 15.3. The maximum absolute atomic E-state index is 12.1. The number of likely N-dealkylation sites (N-methyl/N-ethyl adjacent to an activating group) is 1. The molecule has 0 aliphatic carbocycles. The Kier molecular flexibility index (Phi) is 7.10. The zero-order chi connectivity index (χ0) is 14.3. The van der Waals surface area contributed by atoms with Crippen molar-refractivity contribution >= 4 is 17.2 Å². The first-order valence-electron chi connectivity index (χ1n) is 7.02. The lowest BCUT2D eigenvalue weighted by Gasteiger charge is -2.24. The van der Waals surface area contributed by atoms with Crippen LogP contribution in [0.3, 0.4) is 0 Å². The van der Waals surface area contributed by atoms with E-state index < -0.39 is 0 Å². The highest BCUT2D eigenvalue weighted by molar-refractivity contribution is 7.09. The van der Waals surface area contributed by atoms with Crippen molar-refractivity contribution in [1.82, 2.24) is 10.2 Å². The maximum atomic E-state index is 12.1. The Hall–Kier alpha value is -0.870. The molecule has 1 amide bonds. The number of hydrogen-bond acceptors (Lipinski definition) is 3. The predicted molar refractivity (Wildman–Crippen MR) is 82.6 cm³/mol. The van der Waals surface area contributed by atoms with E-state index in [0.29, 0.717) is 12.5 Å². The van der Waals surface area contributed by atoms with E-state index in [2.05, 4.69) is 43.6 Å². The maximum Gasteiger partial charge on any atom is 0.222 e. The zero-order valence-corrected chi connectivity index (χ0v) is 13.3. The summed E-state index contributed by atoms with van der Waals surface area (Å²) in [6.45, 7) is 7.27. The molecule has 4 heteroatoms. The van der Waals surface area contributed by atoms with Gasteiger partial charge in [0.15, 0.2) is 0 Å². The molecular weight excluding hydrogens is 256 g/mol. The van der Waals surface area contributed by atoms with Gasteiger partial charge in [-0.15, -0.1) is 11.3 Å². The van der Waals surface area contributed by atoms with Crippen molar-refractivity contribution in [3.05, 3.63) is 22.4 Å². The predicted octanol–water partition coefficient (Wildman–Crippen LogP) is 2.92. The molecule has 3 nitrogen and oxygen atoms in total. The standard InChI is InChI=1S/C15H26N2OS/c1-12(2)16-9-5-8-15(18)17(4)13(3)11-14-7-6-10-19-14/h6-7,10,12-13,16H,5,8-9,11H2,1-4H3. The Morgan fingerprint density at radius 3 is 2.74 bits per heavy atom. The summed E-state index contributed by atoms with van der Waals surface area (Å²) in [6, 6.07) is 4.95. The SMILES string of the molecule is CC(C)NCCCC(=O)N(C)C(C)Cc1cccs1. The van der Waals surface area contributed by atoms with Gasteiger partial charge in [-0.1, -0.05) is 19.9 Å². The van der Waals surface area contributed by atoms with Crippen molar-refractivity contribution in [3.8, 4) is 0 Å². The minimum atomic E-state index is 0.245. The minimum Gasteiger partial charge on any atom is -0.343 e. The Balaban J connectivity index is 2.27. The van der Waals surface area contributed by atoms with E-state index in [-0.39, 0.29) is 11.9 Å². The zero-order valence-electron chi connectivity index (χ0n) is 12.5. The Morgan fingerprint density at radius 2 is 2.16 bits per heavy atom. The molecule has 1 aromatic heterocycles. The Morgan fingerprint density at radius 1 is 1.42 bits per heavy atom. The number of carbonyl (C=O) groups excluding carboxylic acids is 1. The second-order valence-corrected chi connectivity index (χ2v) is 6.38. The molecule has 1 N–H and O–H groups in total. The van der Waals surface area contributed by atoms with Crippen molar-refractivity contribution in [2.24, 2.45) is 0 Å². The molecule has 0 saturated heterocycles. The summed E-state index contributed by atoms with van der Waals surface area (Å²) in [6.07, 6.45) is 2.49. The second-order valence-electron chi connectivity index (χ2n) is 5.35. The van der Waals surface area contributed by atoms with Crippen LogP contribution in [0.4, 0.5) is 0 Å². The van der Waals surface area contributed by atoms with Gasteiger partial charge in [0.25, 0.3) is 0 Å². The van der Waals surface area contributed by atoms with Crippen LogP contribution in [-0.4, -0.2) is 36.5 Å². The summed E-state index contributed by atoms with van der Waals surface area (Å²) in [5.74, 6) is 0.245. The average molecular weight is 282 g/mol. The molecule has 108 valence electrons. The first-order chi connectivity index (χ1) is 9.00. The highest BCUT2D eigenvalue weighted by Crippen LogP contribution is 2.14. The minimum absolute atomic E-state index is 0.245. The number of thiophene rings is 1. The lowest BCUT2D eigenvalue weighted by atomic mass is 10.1. The molecule has 0 bridgehead atoms. The van der Waals surface area contributed by atoms with Gasteiger partial charge in [-0.05, 0) is 31.3 Å². The highest BCUT2D eigenvalue weighted by Gasteiger charge is 2.15. The van der Waals surface area contributed by atoms with Gasteiger partial charge >= 0.3 is 0 Å². The Bertz CT molecular complexity index is 362. The third-order valence-electron chi connectivity index (χ3n) is 3.25. The summed E-state index contributed by atoms with van der Waals surface area (Å²) < 4.78 is 0. The third-order valence-corrected chi connectivity index (χ3v) is 4.15. The molecule has 1 atom stereocenters. The molecule has 1 rings (SSSR count). The quantitative estimate of drug-likeness (QED) is 0.744. The van der Waals surface area contributed by atoms with Crippen molar-refractivity contribution in [1.29, 1.82) is 0 Å². The van der Waals surface area contributed by atoms with Crippen LogP contribution in [0.2, 0.25) is 0 Å². The number of hydrogen-bond donors (Lipinski definition) is 1. The fraction of sp³-hybridized carbons (Fsp3) is 0.667. The van der Waals surface area contributed by atoms with Gasteiger partial charge in [-0.3, -0.25) is 4.79 Å². The molecule has 0 aromatic carbocycles. The van der Waals surface area contributed by atoms with Gasteiger partial charge in [-0.25, -0.2) is 0 Å². The van der Waals surface area contributed by atoms with Crippen LogP contribution < -0.4 is 5.32 Å². The summed E-state index contributed by atoms with van der Waals surface area (Å²) >= 11 is 1.76. The van der Waals surface area contributed by atoms with E-state index in [1.807, 2.05) is 11.9 Å². The van der Waals surface area contributed by atoms with E-state index in [9.17, 15) is 4.79 Å². The lowest BCUT2D eigenvalue weighted by Crippen LogP contribution is -2.36. The van der Waals surface area contributed by atoms with Gasteiger partial charge in [0.1, 0.15) is 0 Å². The van der Waals surface area contributed by atoms with Crippen LogP contribution in [0.15, 0.2) is 17.5 Å². The van der Waals surface area contributed by atoms with Crippen LogP contribution >= 0.6 is 11.3 Å². The molecular formula is C15H26N2OS. The van der Waals surface area contributed by atoms with Crippen LogP contribution in [0.25, 0.3) is 0 Å². The molecule has 0 fully saturated rings.